The van der Waals surface area contributed by atoms with Gasteiger partial charge in [-0.15, -0.1) is 0 Å². The summed E-state index contributed by atoms with van der Waals surface area (Å²) in [6.45, 7) is 4.99. The zero-order chi connectivity index (χ0) is 18.6. The number of halogens is 2. The van der Waals surface area contributed by atoms with Gasteiger partial charge < -0.3 is 10.1 Å². The molecule has 0 spiro atoms. The zero-order valence-corrected chi connectivity index (χ0v) is 15.7. The van der Waals surface area contributed by atoms with Gasteiger partial charge in [-0.25, -0.2) is 0 Å². The minimum Gasteiger partial charge on any atom is -0.481 e. The van der Waals surface area contributed by atoms with Gasteiger partial charge in [-0.1, -0.05) is 29.3 Å². The van der Waals surface area contributed by atoms with Crippen LogP contribution in [0.3, 0.4) is 0 Å². The molecule has 6 heteroatoms. The molecule has 0 bridgehead atoms. The Bertz CT molecular complexity index is 775. The van der Waals surface area contributed by atoms with Crippen LogP contribution in [0.2, 0.25) is 10.0 Å². The SMILES string of the molecule is CC(=O)c1ccc(O[C@H](C)C(=O)N[C@H](C)c2ccc(Cl)cc2Cl)cc1. The van der Waals surface area contributed by atoms with Crippen LogP contribution in [0.4, 0.5) is 0 Å². The van der Waals surface area contributed by atoms with Crippen LogP contribution in [0.15, 0.2) is 42.5 Å². The van der Waals surface area contributed by atoms with E-state index in [-0.39, 0.29) is 17.7 Å². The molecule has 0 unspecified atom stereocenters. The molecule has 1 amide bonds. The maximum Gasteiger partial charge on any atom is 0.261 e. The van der Waals surface area contributed by atoms with Crippen molar-refractivity contribution in [3.05, 3.63) is 63.6 Å². The Morgan fingerprint density at radius 2 is 1.68 bits per heavy atom. The molecule has 2 rings (SSSR count). The van der Waals surface area contributed by atoms with Gasteiger partial charge >= 0.3 is 0 Å². The Hall–Kier alpha value is -2.04. The number of rotatable bonds is 6. The third-order valence-electron chi connectivity index (χ3n) is 3.73. The molecule has 132 valence electrons. The van der Waals surface area contributed by atoms with E-state index in [9.17, 15) is 9.59 Å². The predicted octanol–water partition coefficient (Wildman–Crippen LogP) is 4.84. The van der Waals surface area contributed by atoms with Crippen molar-refractivity contribution in [2.75, 3.05) is 0 Å². The molecule has 2 atom stereocenters. The predicted molar refractivity (Wildman–Crippen MR) is 99.6 cm³/mol. The van der Waals surface area contributed by atoms with Crippen molar-refractivity contribution in [1.82, 2.24) is 5.32 Å². The van der Waals surface area contributed by atoms with E-state index in [1.807, 2.05) is 6.92 Å². The lowest BCUT2D eigenvalue weighted by Gasteiger charge is -2.20. The maximum atomic E-state index is 12.3. The highest BCUT2D eigenvalue weighted by atomic mass is 35.5. The van der Waals surface area contributed by atoms with Crippen LogP contribution in [0.25, 0.3) is 0 Å². The number of carbonyl (C=O) groups excluding carboxylic acids is 2. The van der Waals surface area contributed by atoms with Crippen molar-refractivity contribution in [3.63, 3.8) is 0 Å². The highest BCUT2D eigenvalue weighted by Gasteiger charge is 2.19. The van der Waals surface area contributed by atoms with Crippen molar-refractivity contribution in [1.29, 1.82) is 0 Å². The van der Waals surface area contributed by atoms with Gasteiger partial charge in [-0.3, -0.25) is 9.59 Å². The minimum atomic E-state index is -0.697. The van der Waals surface area contributed by atoms with Crippen LogP contribution < -0.4 is 10.1 Å². The number of carbonyl (C=O) groups is 2. The normalized spacial score (nSPS) is 13.0. The van der Waals surface area contributed by atoms with E-state index in [0.29, 0.717) is 21.4 Å². The molecule has 1 N–H and O–H groups in total. The Kier molecular flexibility index (Phi) is 6.45. The largest absolute Gasteiger partial charge is 0.481 e. The molecule has 0 aromatic heterocycles. The molecular formula is C19H19Cl2NO3. The first-order chi connectivity index (χ1) is 11.8. The van der Waals surface area contributed by atoms with E-state index >= 15 is 0 Å². The lowest BCUT2D eigenvalue weighted by atomic mass is 10.1. The Morgan fingerprint density at radius 3 is 2.24 bits per heavy atom. The quantitative estimate of drug-likeness (QED) is 0.730. The van der Waals surface area contributed by atoms with Gasteiger partial charge in [-0.05, 0) is 62.7 Å². The summed E-state index contributed by atoms with van der Waals surface area (Å²) < 4.78 is 5.62. The molecule has 0 aliphatic heterocycles. The van der Waals surface area contributed by atoms with Crippen molar-refractivity contribution in [2.24, 2.45) is 0 Å². The fourth-order valence-electron chi connectivity index (χ4n) is 2.29. The summed E-state index contributed by atoms with van der Waals surface area (Å²) in [6.07, 6.45) is -0.697. The molecule has 2 aromatic carbocycles. The van der Waals surface area contributed by atoms with Gasteiger partial charge in [-0.2, -0.15) is 0 Å². The third-order valence-corrected chi connectivity index (χ3v) is 4.29. The average molecular weight is 380 g/mol. The third kappa shape index (κ3) is 5.21. The van der Waals surface area contributed by atoms with Crippen LogP contribution in [-0.4, -0.2) is 17.8 Å². The number of hydrogen-bond acceptors (Lipinski definition) is 3. The second-order valence-electron chi connectivity index (χ2n) is 5.74. The monoisotopic (exact) mass is 379 g/mol. The van der Waals surface area contributed by atoms with Crippen molar-refractivity contribution < 1.29 is 14.3 Å². The number of ether oxygens (including phenoxy) is 1. The second-order valence-corrected chi connectivity index (χ2v) is 6.58. The molecule has 0 aliphatic rings. The van der Waals surface area contributed by atoms with Crippen LogP contribution in [0.1, 0.15) is 42.7 Å². The van der Waals surface area contributed by atoms with Gasteiger partial charge in [0.1, 0.15) is 5.75 Å². The van der Waals surface area contributed by atoms with E-state index in [1.165, 1.54) is 6.92 Å². The summed E-state index contributed by atoms with van der Waals surface area (Å²) in [5.41, 5.74) is 1.37. The molecule has 0 radical (unpaired) electrons. The number of benzene rings is 2. The fraction of sp³-hybridized carbons (Fsp3) is 0.263. The van der Waals surface area contributed by atoms with Crippen LogP contribution in [0, 0.1) is 0 Å². The highest BCUT2D eigenvalue weighted by Crippen LogP contribution is 2.26. The first-order valence-electron chi connectivity index (χ1n) is 7.81. The average Bonchev–Trinajstić information content (AvgIpc) is 2.55. The maximum absolute atomic E-state index is 12.3. The lowest BCUT2D eigenvalue weighted by Crippen LogP contribution is -2.37. The lowest BCUT2D eigenvalue weighted by molar-refractivity contribution is -0.127. The number of hydrogen-bond donors (Lipinski definition) is 1. The summed E-state index contributed by atoms with van der Waals surface area (Å²) in [7, 11) is 0. The molecule has 2 aromatic rings. The van der Waals surface area contributed by atoms with E-state index < -0.39 is 6.10 Å². The van der Waals surface area contributed by atoms with Gasteiger partial charge in [0.15, 0.2) is 11.9 Å². The van der Waals surface area contributed by atoms with Crippen molar-refractivity contribution in [3.8, 4) is 5.75 Å². The molecule has 0 heterocycles. The van der Waals surface area contributed by atoms with E-state index in [4.69, 9.17) is 27.9 Å². The minimum absolute atomic E-state index is 0.0222. The summed E-state index contributed by atoms with van der Waals surface area (Å²) in [6, 6.07) is 11.5. The Morgan fingerprint density at radius 1 is 1.04 bits per heavy atom. The van der Waals surface area contributed by atoms with Gasteiger partial charge in [0.05, 0.1) is 6.04 Å². The van der Waals surface area contributed by atoms with E-state index in [1.54, 1.807) is 49.4 Å². The summed E-state index contributed by atoms with van der Waals surface area (Å²) in [5.74, 6) is 0.227. The number of ketones is 1. The smallest absolute Gasteiger partial charge is 0.261 e. The van der Waals surface area contributed by atoms with Crippen LogP contribution >= 0.6 is 23.2 Å². The standard InChI is InChI=1S/C19H19Cl2NO3/c1-11(17-9-6-15(20)10-18(17)21)22-19(24)13(3)25-16-7-4-14(5-8-16)12(2)23/h4-11,13H,1-3H3,(H,22,24)/t11-,13-/m1/s1. The van der Waals surface area contributed by atoms with Crippen LogP contribution in [0.5, 0.6) is 5.75 Å². The zero-order valence-electron chi connectivity index (χ0n) is 14.2. The second kappa shape index (κ2) is 8.37. The number of nitrogens with one attached hydrogen (secondary N) is 1. The van der Waals surface area contributed by atoms with Gasteiger partial charge in [0.25, 0.3) is 5.91 Å². The van der Waals surface area contributed by atoms with Crippen molar-refractivity contribution >= 4 is 34.9 Å². The summed E-state index contributed by atoms with van der Waals surface area (Å²) >= 11 is 12.0. The summed E-state index contributed by atoms with van der Waals surface area (Å²) in [5, 5.41) is 3.89. The first kappa shape index (κ1) is 19.3. The van der Waals surface area contributed by atoms with Crippen molar-refractivity contribution in [2.45, 2.75) is 32.9 Å². The number of Topliss-reactive ketones (excluding diaryl/α,β-unsaturated/α-hetero) is 1. The molecular weight excluding hydrogens is 361 g/mol. The molecule has 0 fully saturated rings. The Labute approximate surface area is 157 Å². The first-order valence-corrected chi connectivity index (χ1v) is 8.56. The topological polar surface area (TPSA) is 55.4 Å². The van der Waals surface area contributed by atoms with Crippen LogP contribution in [-0.2, 0) is 4.79 Å². The Balaban J connectivity index is 1.98. The molecule has 4 nitrogen and oxygen atoms in total. The highest BCUT2D eigenvalue weighted by molar-refractivity contribution is 6.35. The number of amides is 1. The molecule has 0 saturated heterocycles. The van der Waals surface area contributed by atoms with E-state index in [2.05, 4.69) is 5.32 Å². The van der Waals surface area contributed by atoms with E-state index in [0.717, 1.165) is 5.56 Å². The molecule has 25 heavy (non-hydrogen) atoms. The van der Waals surface area contributed by atoms with Gasteiger partial charge in [0, 0.05) is 15.6 Å². The fourth-order valence-corrected chi connectivity index (χ4v) is 2.86. The molecule has 0 saturated carbocycles. The summed E-state index contributed by atoms with van der Waals surface area (Å²) in [4.78, 5) is 23.6. The van der Waals surface area contributed by atoms with Gasteiger partial charge in [0.2, 0.25) is 0 Å². The molecule has 0 aliphatic carbocycles.